The second kappa shape index (κ2) is 8.42. The van der Waals surface area contributed by atoms with Gasteiger partial charge in [-0.1, -0.05) is 12.1 Å². The summed E-state index contributed by atoms with van der Waals surface area (Å²) in [6, 6.07) is 8.45. The van der Waals surface area contributed by atoms with Crippen molar-refractivity contribution >= 4 is 17.2 Å². The van der Waals surface area contributed by atoms with Crippen LogP contribution in [-0.4, -0.2) is 23.1 Å². The number of carbonyl (C=O) groups excluding carboxylic acids is 1. The number of nitrogens with one attached hydrogen (secondary N) is 2. The van der Waals surface area contributed by atoms with Crippen LogP contribution in [0.2, 0.25) is 0 Å². The Morgan fingerprint density at radius 3 is 2.58 bits per heavy atom. The van der Waals surface area contributed by atoms with Crippen LogP contribution in [0.15, 0.2) is 54.9 Å². The topological polar surface area (TPSA) is 65.8 Å². The molecule has 0 atom stereocenters. The second-order valence-corrected chi connectivity index (χ2v) is 5.68. The van der Waals surface area contributed by atoms with Gasteiger partial charge in [0.2, 0.25) is 0 Å². The zero-order valence-electron chi connectivity index (χ0n) is 14.1. The van der Waals surface area contributed by atoms with Gasteiger partial charge in [-0.15, -0.1) is 0 Å². The summed E-state index contributed by atoms with van der Waals surface area (Å²) in [6.07, 6.45) is 0.726. The molecule has 0 saturated carbocycles. The Morgan fingerprint density at radius 2 is 1.92 bits per heavy atom. The summed E-state index contributed by atoms with van der Waals surface area (Å²) >= 11 is 0. The quantitative estimate of drug-likeness (QED) is 0.767. The van der Waals surface area contributed by atoms with Crippen LogP contribution < -0.4 is 5.32 Å². The maximum absolute atomic E-state index is 12.8. The van der Waals surface area contributed by atoms with Gasteiger partial charge in [0.1, 0.15) is 5.71 Å². The van der Waals surface area contributed by atoms with Crippen molar-refractivity contribution in [3.05, 3.63) is 71.6 Å². The van der Waals surface area contributed by atoms with Crippen molar-refractivity contribution in [2.24, 2.45) is 0 Å². The summed E-state index contributed by atoms with van der Waals surface area (Å²) < 4.78 is 38.3. The van der Waals surface area contributed by atoms with E-state index >= 15 is 0 Å². The lowest BCUT2D eigenvalue weighted by Crippen LogP contribution is -2.31. The molecule has 26 heavy (non-hydrogen) atoms. The standard InChI is InChI=1S/C19H18F3N3O/c1-13(15-3-2-4-16(12-15)19(20,21)22)11-17(23)18(26)25-10-7-14-5-8-24-9-6-14/h2-6,8-9,11-12,23H,7,10H2,1H3,(H,25,26)/b13-11+,23-17?. The third-order valence-corrected chi connectivity index (χ3v) is 3.70. The van der Waals surface area contributed by atoms with E-state index in [1.807, 2.05) is 12.1 Å². The summed E-state index contributed by atoms with van der Waals surface area (Å²) in [5.41, 5.74) is 0.646. The molecule has 1 amide bonds. The van der Waals surface area contributed by atoms with Crippen LogP contribution in [0.3, 0.4) is 0 Å². The first-order valence-electron chi connectivity index (χ1n) is 7.89. The van der Waals surface area contributed by atoms with Crippen LogP contribution in [0.4, 0.5) is 13.2 Å². The SMILES string of the molecule is C/C(=C\C(=N)C(=O)NCCc1ccncc1)c1cccc(C(F)(F)F)c1. The Hall–Kier alpha value is -2.96. The maximum atomic E-state index is 12.8. The van der Waals surface area contributed by atoms with Gasteiger partial charge >= 0.3 is 6.18 Å². The lowest BCUT2D eigenvalue weighted by molar-refractivity contribution is -0.137. The smallest absolute Gasteiger partial charge is 0.350 e. The van der Waals surface area contributed by atoms with Crippen LogP contribution in [0.5, 0.6) is 0 Å². The van der Waals surface area contributed by atoms with Gasteiger partial charge in [-0.05, 0) is 60.4 Å². The zero-order valence-corrected chi connectivity index (χ0v) is 14.1. The molecule has 2 N–H and O–H groups in total. The van der Waals surface area contributed by atoms with E-state index in [1.165, 1.54) is 18.2 Å². The first-order valence-corrected chi connectivity index (χ1v) is 7.89. The molecule has 0 saturated heterocycles. The number of hydrogen-bond donors (Lipinski definition) is 2. The number of alkyl halides is 3. The molecule has 0 unspecified atom stereocenters. The van der Waals surface area contributed by atoms with Gasteiger partial charge in [0, 0.05) is 18.9 Å². The van der Waals surface area contributed by atoms with Crippen LogP contribution in [-0.2, 0) is 17.4 Å². The van der Waals surface area contributed by atoms with Gasteiger partial charge in [-0.2, -0.15) is 13.2 Å². The Kier molecular flexibility index (Phi) is 6.27. The Balaban J connectivity index is 1.97. The van der Waals surface area contributed by atoms with Crippen molar-refractivity contribution in [1.82, 2.24) is 10.3 Å². The lowest BCUT2D eigenvalue weighted by Gasteiger charge is -2.09. The van der Waals surface area contributed by atoms with Gasteiger partial charge in [0.25, 0.3) is 5.91 Å². The van der Waals surface area contributed by atoms with Gasteiger partial charge in [0.15, 0.2) is 0 Å². The molecule has 0 radical (unpaired) electrons. The van der Waals surface area contributed by atoms with Gasteiger partial charge in [-0.3, -0.25) is 15.2 Å². The van der Waals surface area contributed by atoms with Crippen molar-refractivity contribution in [2.45, 2.75) is 19.5 Å². The third kappa shape index (κ3) is 5.54. The van der Waals surface area contributed by atoms with Gasteiger partial charge < -0.3 is 5.32 Å². The minimum atomic E-state index is -4.44. The van der Waals surface area contributed by atoms with Crippen LogP contribution in [0.1, 0.15) is 23.6 Å². The van der Waals surface area contributed by atoms with Gasteiger partial charge in [-0.25, -0.2) is 0 Å². The number of allylic oxidation sites excluding steroid dienone is 1. The van der Waals surface area contributed by atoms with E-state index in [2.05, 4.69) is 10.3 Å². The van der Waals surface area contributed by atoms with E-state index in [9.17, 15) is 18.0 Å². The Bertz CT molecular complexity index is 814. The van der Waals surface area contributed by atoms with E-state index < -0.39 is 17.6 Å². The minimum absolute atomic E-state index is 0.311. The first-order chi connectivity index (χ1) is 12.3. The second-order valence-electron chi connectivity index (χ2n) is 5.68. The van der Waals surface area contributed by atoms with Crippen LogP contribution in [0, 0.1) is 5.41 Å². The molecule has 0 aliphatic heterocycles. The number of carbonyl (C=O) groups is 1. The minimum Gasteiger partial charge on any atom is -0.350 e. The number of amides is 1. The van der Waals surface area contributed by atoms with Gasteiger partial charge in [0.05, 0.1) is 5.56 Å². The van der Waals surface area contributed by atoms with Crippen molar-refractivity contribution in [3.8, 4) is 0 Å². The summed E-state index contributed by atoms with van der Waals surface area (Å²) in [6.45, 7) is 1.91. The number of benzene rings is 1. The molecular weight excluding hydrogens is 343 g/mol. The van der Waals surface area contributed by atoms with E-state index in [4.69, 9.17) is 5.41 Å². The molecule has 2 aromatic rings. The zero-order chi connectivity index (χ0) is 19.2. The van der Waals surface area contributed by atoms with Crippen molar-refractivity contribution in [2.75, 3.05) is 6.54 Å². The fourth-order valence-corrected chi connectivity index (χ4v) is 2.27. The summed E-state index contributed by atoms with van der Waals surface area (Å²) in [5, 5.41) is 10.4. The van der Waals surface area contributed by atoms with E-state index in [0.29, 0.717) is 24.1 Å². The van der Waals surface area contributed by atoms with Crippen LogP contribution >= 0.6 is 0 Å². The molecule has 1 aromatic heterocycles. The number of pyridine rings is 1. The average Bonchev–Trinajstić information content (AvgIpc) is 2.61. The molecule has 2 rings (SSSR count). The highest BCUT2D eigenvalue weighted by atomic mass is 19.4. The fraction of sp³-hybridized carbons (Fsp3) is 0.211. The van der Waals surface area contributed by atoms with E-state index in [-0.39, 0.29) is 5.71 Å². The number of halogens is 3. The molecule has 0 spiro atoms. The number of hydrogen-bond acceptors (Lipinski definition) is 3. The monoisotopic (exact) mass is 361 g/mol. The molecule has 7 heteroatoms. The highest BCUT2D eigenvalue weighted by Gasteiger charge is 2.30. The number of nitrogens with zero attached hydrogens (tertiary/aromatic N) is 1. The molecule has 0 fully saturated rings. The lowest BCUT2D eigenvalue weighted by atomic mass is 10.0. The molecule has 4 nitrogen and oxygen atoms in total. The summed E-state index contributed by atoms with van der Waals surface area (Å²) in [7, 11) is 0. The molecule has 0 aliphatic carbocycles. The van der Waals surface area contributed by atoms with Crippen molar-refractivity contribution in [3.63, 3.8) is 0 Å². The maximum Gasteiger partial charge on any atom is 0.416 e. The van der Waals surface area contributed by atoms with Crippen molar-refractivity contribution in [1.29, 1.82) is 5.41 Å². The third-order valence-electron chi connectivity index (χ3n) is 3.70. The molecule has 136 valence electrons. The molecule has 0 bridgehead atoms. The Morgan fingerprint density at radius 1 is 1.23 bits per heavy atom. The highest BCUT2D eigenvalue weighted by molar-refractivity contribution is 6.43. The van der Waals surface area contributed by atoms with E-state index in [0.717, 1.165) is 17.7 Å². The predicted molar refractivity (Wildman–Crippen MR) is 93.8 cm³/mol. The fourth-order valence-electron chi connectivity index (χ4n) is 2.27. The molecular formula is C19H18F3N3O. The largest absolute Gasteiger partial charge is 0.416 e. The van der Waals surface area contributed by atoms with Crippen LogP contribution in [0.25, 0.3) is 5.57 Å². The summed E-state index contributed by atoms with van der Waals surface area (Å²) in [5.74, 6) is -0.578. The first kappa shape index (κ1) is 19.4. The summed E-state index contributed by atoms with van der Waals surface area (Å²) in [4.78, 5) is 15.9. The number of aromatic nitrogens is 1. The Labute approximate surface area is 149 Å². The predicted octanol–water partition coefficient (Wildman–Crippen LogP) is 3.88. The molecule has 0 aliphatic rings. The molecule has 1 aromatic carbocycles. The number of rotatable bonds is 6. The normalized spacial score (nSPS) is 11.9. The van der Waals surface area contributed by atoms with Crippen molar-refractivity contribution < 1.29 is 18.0 Å². The highest BCUT2D eigenvalue weighted by Crippen LogP contribution is 2.30. The van der Waals surface area contributed by atoms with E-state index in [1.54, 1.807) is 19.3 Å². The molecule has 1 heterocycles. The average molecular weight is 361 g/mol.